The molecule has 6 atom stereocenters. The lowest BCUT2D eigenvalue weighted by Gasteiger charge is -2.45. The summed E-state index contributed by atoms with van der Waals surface area (Å²) >= 11 is 0. The molecule has 1 saturated carbocycles. The summed E-state index contributed by atoms with van der Waals surface area (Å²) in [5, 5.41) is 25.6. The molecule has 4 rings (SSSR count). The number of imidazole rings is 1. The van der Waals surface area contributed by atoms with Crippen molar-refractivity contribution in [1.82, 2.24) is 19.5 Å². The van der Waals surface area contributed by atoms with Gasteiger partial charge in [-0.2, -0.15) is 25.3 Å². The van der Waals surface area contributed by atoms with E-state index in [9.17, 15) is 35.5 Å². The first-order valence-electron chi connectivity index (χ1n) is 11.5. The van der Waals surface area contributed by atoms with Gasteiger partial charge in [0.2, 0.25) is 0 Å². The Hall–Kier alpha value is -2.78. The third-order valence-electron chi connectivity index (χ3n) is 5.86. The summed E-state index contributed by atoms with van der Waals surface area (Å²) < 4.78 is 88.2. The van der Waals surface area contributed by atoms with Crippen LogP contribution in [0.15, 0.2) is 43.0 Å². The van der Waals surface area contributed by atoms with E-state index in [0.29, 0.717) is 31.1 Å². The fraction of sp³-hybridized carbons (Fsp3) is 0.476. The summed E-state index contributed by atoms with van der Waals surface area (Å²) in [6, 6.07) is 7.76. The highest BCUT2D eigenvalue weighted by atomic mass is 32.2. The van der Waals surface area contributed by atoms with Gasteiger partial charge in [0.05, 0.1) is 31.1 Å². The summed E-state index contributed by atoms with van der Waals surface area (Å²) in [6.07, 6.45) is -5.95. The molecular formula is C21H27N5O11S3. The maximum absolute atomic E-state index is 12.1. The molecule has 0 spiro atoms. The lowest BCUT2D eigenvalue weighted by molar-refractivity contribution is -0.172. The lowest BCUT2D eigenvalue weighted by Crippen LogP contribution is -2.64. The molecule has 1 aliphatic carbocycles. The quantitative estimate of drug-likeness (QED) is 0.225. The molecule has 3 N–H and O–H groups in total. The van der Waals surface area contributed by atoms with E-state index < -0.39 is 66.9 Å². The van der Waals surface area contributed by atoms with E-state index in [-0.39, 0.29) is 11.2 Å². The second-order valence-electron chi connectivity index (χ2n) is 9.15. The van der Waals surface area contributed by atoms with Gasteiger partial charge in [-0.15, -0.1) is 0 Å². The highest BCUT2D eigenvalue weighted by Crippen LogP contribution is 2.38. The molecule has 0 radical (unpaired) electrons. The van der Waals surface area contributed by atoms with Gasteiger partial charge in [-0.05, 0) is 5.56 Å². The largest absolute Gasteiger partial charge is 0.388 e. The molecule has 220 valence electrons. The predicted octanol–water partition coefficient (Wildman–Crippen LogP) is -1.25. The van der Waals surface area contributed by atoms with Crippen LogP contribution in [0.3, 0.4) is 0 Å². The molecule has 0 bridgehead atoms. The third-order valence-corrected chi connectivity index (χ3v) is 7.58. The zero-order chi connectivity index (χ0) is 29.5. The van der Waals surface area contributed by atoms with Crippen LogP contribution in [-0.4, -0.2) is 104 Å². The number of hydrogen-bond donors (Lipinski definition) is 3. The lowest BCUT2D eigenvalue weighted by atomic mass is 9.83. The molecule has 0 aliphatic heterocycles. The molecule has 3 aromatic rings. The van der Waals surface area contributed by atoms with Gasteiger partial charge in [-0.25, -0.2) is 15.0 Å². The van der Waals surface area contributed by atoms with Gasteiger partial charge in [0, 0.05) is 6.54 Å². The third kappa shape index (κ3) is 7.10. The van der Waals surface area contributed by atoms with Crippen molar-refractivity contribution in [3.05, 3.63) is 48.5 Å². The molecule has 2 heterocycles. The van der Waals surface area contributed by atoms with E-state index in [1.807, 2.05) is 30.3 Å². The standard InChI is InChI=1S/C21H27N5O11S3/c1-38(29,30)35-17-15(27)14(16(28)18(36-39(2,31)32)19(17)37-40(3,33)34)26-11-25-13-20(23-10-24-21(13)26)22-9-12-7-5-4-6-8-12/h4-8,10-11,14-19,27-28H,9H2,1-3H3,(H,22,23,24)/t14?,15-,16+,17-,18+,19?. The van der Waals surface area contributed by atoms with Crippen LogP contribution >= 0.6 is 0 Å². The van der Waals surface area contributed by atoms with Crippen molar-refractivity contribution >= 4 is 47.3 Å². The number of rotatable bonds is 10. The SMILES string of the molecule is CS(=O)(=O)OC1[C@@H](OS(C)(=O)=O)[C@@H](O)C(n2cnc3c(NCc4ccccc4)ncnc32)[C@@H](O)[C@H]1OS(C)(=O)=O. The van der Waals surface area contributed by atoms with Gasteiger partial charge >= 0.3 is 0 Å². The van der Waals surface area contributed by atoms with E-state index in [2.05, 4.69) is 20.3 Å². The minimum absolute atomic E-state index is 0.0624. The number of aliphatic hydroxyl groups is 2. The second kappa shape index (κ2) is 11.2. The Morgan fingerprint density at radius 2 is 1.32 bits per heavy atom. The summed E-state index contributed by atoms with van der Waals surface area (Å²) in [5.74, 6) is 0.290. The number of benzene rings is 1. The van der Waals surface area contributed by atoms with Crippen LogP contribution in [0, 0.1) is 0 Å². The topological polar surface area (TPSA) is 226 Å². The van der Waals surface area contributed by atoms with Gasteiger partial charge in [0.25, 0.3) is 30.4 Å². The molecule has 1 aliphatic rings. The smallest absolute Gasteiger partial charge is 0.264 e. The van der Waals surface area contributed by atoms with Gasteiger partial charge in [-0.3, -0.25) is 12.5 Å². The van der Waals surface area contributed by atoms with Crippen LogP contribution in [0.1, 0.15) is 11.6 Å². The Bertz CT molecular complexity index is 1630. The zero-order valence-corrected chi connectivity index (χ0v) is 23.7. The predicted molar refractivity (Wildman–Crippen MR) is 139 cm³/mol. The van der Waals surface area contributed by atoms with Gasteiger partial charge in [0.15, 0.2) is 11.5 Å². The zero-order valence-electron chi connectivity index (χ0n) is 21.3. The van der Waals surface area contributed by atoms with Crippen LogP contribution < -0.4 is 5.32 Å². The van der Waals surface area contributed by atoms with Crippen LogP contribution in [0.4, 0.5) is 5.82 Å². The first kappa shape index (κ1) is 30.2. The molecular weight excluding hydrogens is 594 g/mol. The first-order valence-corrected chi connectivity index (χ1v) is 17.0. The number of anilines is 1. The second-order valence-corrected chi connectivity index (χ2v) is 14.0. The summed E-state index contributed by atoms with van der Waals surface area (Å²) in [7, 11) is -13.2. The number of nitrogens with zero attached hydrogens (tertiary/aromatic N) is 4. The Labute approximate surface area is 230 Å². The maximum atomic E-state index is 12.1. The van der Waals surface area contributed by atoms with Crippen molar-refractivity contribution in [2.75, 3.05) is 24.1 Å². The Morgan fingerprint density at radius 1 is 0.800 bits per heavy atom. The van der Waals surface area contributed by atoms with Gasteiger partial charge in [0.1, 0.15) is 42.4 Å². The molecule has 40 heavy (non-hydrogen) atoms. The summed E-state index contributed by atoms with van der Waals surface area (Å²) in [4.78, 5) is 12.6. The molecule has 0 saturated heterocycles. The molecule has 19 heteroatoms. The fourth-order valence-corrected chi connectivity index (χ4v) is 6.29. The van der Waals surface area contributed by atoms with E-state index in [0.717, 1.165) is 16.5 Å². The Balaban J connectivity index is 1.79. The van der Waals surface area contributed by atoms with Crippen LogP contribution in [0.2, 0.25) is 0 Å². The van der Waals surface area contributed by atoms with E-state index in [4.69, 9.17) is 12.5 Å². The monoisotopic (exact) mass is 621 g/mol. The summed E-state index contributed by atoms with van der Waals surface area (Å²) in [5.41, 5.74) is 1.20. The van der Waals surface area contributed by atoms with Crippen LogP contribution in [0.5, 0.6) is 0 Å². The minimum atomic E-state index is -4.41. The average Bonchev–Trinajstić information content (AvgIpc) is 3.26. The molecule has 2 unspecified atom stereocenters. The highest BCUT2D eigenvalue weighted by molar-refractivity contribution is 7.86. The summed E-state index contributed by atoms with van der Waals surface area (Å²) in [6.45, 7) is 0.369. The van der Waals surface area contributed by atoms with Crippen molar-refractivity contribution in [3.63, 3.8) is 0 Å². The molecule has 2 aromatic heterocycles. The first-order chi connectivity index (χ1) is 18.5. The van der Waals surface area contributed by atoms with Gasteiger partial charge in [-0.1, -0.05) is 30.3 Å². The molecule has 16 nitrogen and oxygen atoms in total. The van der Waals surface area contributed by atoms with Crippen LogP contribution in [0.25, 0.3) is 11.2 Å². The van der Waals surface area contributed by atoms with Crippen molar-refractivity contribution in [1.29, 1.82) is 0 Å². The number of aliphatic hydroxyl groups excluding tert-OH is 2. The number of hydrogen-bond acceptors (Lipinski definition) is 15. The minimum Gasteiger partial charge on any atom is -0.388 e. The average molecular weight is 622 g/mol. The van der Waals surface area contributed by atoms with Crippen molar-refractivity contribution in [3.8, 4) is 0 Å². The molecule has 1 aromatic carbocycles. The molecule has 1 fully saturated rings. The van der Waals surface area contributed by atoms with E-state index in [1.165, 1.54) is 6.33 Å². The van der Waals surface area contributed by atoms with E-state index in [1.54, 1.807) is 0 Å². The Kier molecular flexibility index (Phi) is 8.48. The number of nitrogens with one attached hydrogen (secondary N) is 1. The highest BCUT2D eigenvalue weighted by Gasteiger charge is 2.56. The van der Waals surface area contributed by atoms with Crippen molar-refractivity contribution in [2.45, 2.75) is 43.1 Å². The van der Waals surface area contributed by atoms with Gasteiger partial charge < -0.3 is 20.1 Å². The molecule has 0 amide bonds. The van der Waals surface area contributed by atoms with Crippen molar-refractivity contribution < 1.29 is 48.0 Å². The van der Waals surface area contributed by atoms with Crippen LogP contribution in [-0.2, 0) is 49.4 Å². The maximum Gasteiger partial charge on any atom is 0.264 e. The normalized spacial score (nSPS) is 26.1. The van der Waals surface area contributed by atoms with Crippen molar-refractivity contribution in [2.24, 2.45) is 0 Å². The van der Waals surface area contributed by atoms with E-state index >= 15 is 0 Å². The number of aromatic nitrogens is 4. The number of fused-ring (bicyclic) bond motifs is 1. The Morgan fingerprint density at radius 3 is 1.85 bits per heavy atom. The fourth-order valence-electron chi connectivity index (χ4n) is 4.41.